The second kappa shape index (κ2) is 8.69. The molecule has 0 spiro atoms. The fourth-order valence-electron chi connectivity index (χ4n) is 2.62. The van der Waals surface area contributed by atoms with E-state index in [-0.39, 0.29) is 22.8 Å². The van der Waals surface area contributed by atoms with Crippen molar-refractivity contribution < 1.29 is 27.4 Å². The minimum absolute atomic E-state index is 0.0305. The second-order valence-electron chi connectivity index (χ2n) is 5.91. The zero-order valence-corrected chi connectivity index (χ0v) is 16.2. The van der Waals surface area contributed by atoms with E-state index in [2.05, 4.69) is 9.72 Å². The van der Waals surface area contributed by atoms with Gasteiger partial charge in [0, 0.05) is 11.6 Å². The van der Waals surface area contributed by atoms with Gasteiger partial charge in [-0.3, -0.25) is 0 Å². The van der Waals surface area contributed by atoms with Crippen LogP contribution in [0.25, 0.3) is 11.3 Å². The molecule has 0 saturated carbocycles. The average Bonchev–Trinajstić information content (AvgIpc) is 2.60. The normalized spacial score (nSPS) is 11.6. The van der Waals surface area contributed by atoms with E-state index in [9.17, 15) is 13.2 Å². The largest absolute Gasteiger partial charge is 0.573 e. The molecular formula is C19H21ClF3NO3. The van der Waals surface area contributed by atoms with Crippen molar-refractivity contribution in [2.75, 3.05) is 7.11 Å². The molecule has 2 aromatic rings. The molecule has 0 radical (unpaired) electrons. The number of alkyl halides is 3. The van der Waals surface area contributed by atoms with E-state index in [1.807, 2.05) is 20.8 Å². The fourth-order valence-corrected chi connectivity index (χ4v) is 2.80. The SMILES string of the molecule is CCC(CC)Oc1cc(C)c(-c2ccc(OC(F)(F)F)cc2OC)nc1Cl. The summed E-state index contributed by atoms with van der Waals surface area (Å²) in [5.41, 5.74) is 1.75. The molecule has 0 unspecified atom stereocenters. The molecule has 0 aliphatic heterocycles. The standard InChI is InChI=1S/C19H21ClF3NO3/c1-5-12(6-2)26-16-9-11(3)17(24-18(16)20)14-8-7-13(10-15(14)25-4)27-19(21,22)23/h7-10,12H,5-6H2,1-4H3. The van der Waals surface area contributed by atoms with Crippen LogP contribution in [0.2, 0.25) is 5.15 Å². The molecular weight excluding hydrogens is 383 g/mol. The van der Waals surface area contributed by atoms with E-state index in [1.165, 1.54) is 19.2 Å². The lowest BCUT2D eigenvalue weighted by Gasteiger charge is -2.18. The topological polar surface area (TPSA) is 40.6 Å². The highest BCUT2D eigenvalue weighted by atomic mass is 35.5. The highest BCUT2D eigenvalue weighted by molar-refractivity contribution is 6.31. The van der Waals surface area contributed by atoms with Gasteiger partial charge in [0.05, 0.1) is 18.9 Å². The van der Waals surface area contributed by atoms with Crippen molar-refractivity contribution in [3.63, 3.8) is 0 Å². The Balaban J connectivity index is 2.41. The number of aromatic nitrogens is 1. The lowest BCUT2D eigenvalue weighted by atomic mass is 10.1. The lowest BCUT2D eigenvalue weighted by Crippen LogP contribution is -2.17. The maximum Gasteiger partial charge on any atom is 0.573 e. The van der Waals surface area contributed by atoms with Crippen LogP contribution < -0.4 is 14.2 Å². The van der Waals surface area contributed by atoms with Gasteiger partial charge >= 0.3 is 6.36 Å². The molecule has 8 heteroatoms. The van der Waals surface area contributed by atoms with Crippen molar-refractivity contribution in [3.8, 4) is 28.5 Å². The van der Waals surface area contributed by atoms with E-state index in [1.54, 1.807) is 6.07 Å². The molecule has 4 nitrogen and oxygen atoms in total. The molecule has 0 bridgehead atoms. The number of nitrogens with zero attached hydrogens (tertiary/aromatic N) is 1. The highest BCUT2D eigenvalue weighted by Gasteiger charge is 2.31. The summed E-state index contributed by atoms with van der Waals surface area (Å²) >= 11 is 6.27. The van der Waals surface area contributed by atoms with Gasteiger partial charge < -0.3 is 14.2 Å². The molecule has 27 heavy (non-hydrogen) atoms. The summed E-state index contributed by atoms with van der Waals surface area (Å²) in [6.45, 7) is 5.86. The van der Waals surface area contributed by atoms with Gasteiger partial charge in [-0.05, 0) is 43.5 Å². The number of aryl methyl sites for hydroxylation is 1. The van der Waals surface area contributed by atoms with Crippen molar-refractivity contribution >= 4 is 11.6 Å². The first-order valence-corrected chi connectivity index (χ1v) is 8.84. The van der Waals surface area contributed by atoms with Crippen LogP contribution in [0.5, 0.6) is 17.2 Å². The van der Waals surface area contributed by atoms with Crippen molar-refractivity contribution in [2.45, 2.75) is 46.1 Å². The van der Waals surface area contributed by atoms with Crippen LogP contribution in [0.4, 0.5) is 13.2 Å². The molecule has 0 saturated heterocycles. The third-order valence-corrected chi connectivity index (χ3v) is 4.27. The first kappa shape index (κ1) is 21.2. The first-order valence-electron chi connectivity index (χ1n) is 8.46. The molecule has 148 valence electrons. The Labute approximate surface area is 161 Å². The van der Waals surface area contributed by atoms with Gasteiger partial charge in [0.2, 0.25) is 0 Å². The number of halogens is 4. The molecule has 2 rings (SSSR count). The Morgan fingerprint density at radius 2 is 1.78 bits per heavy atom. The van der Waals surface area contributed by atoms with Crippen LogP contribution in [0.15, 0.2) is 24.3 Å². The van der Waals surface area contributed by atoms with Crippen LogP contribution in [0.1, 0.15) is 32.3 Å². The smallest absolute Gasteiger partial charge is 0.496 e. The van der Waals surface area contributed by atoms with Crippen molar-refractivity contribution in [1.29, 1.82) is 0 Å². The van der Waals surface area contributed by atoms with Crippen LogP contribution in [0, 0.1) is 6.92 Å². The summed E-state index contributed by atoms with van der Waals surface area (Å²) in [6, 6.07) is 5.58. The maximum atomic E-state index is 12.4. The molecule has 0 amide bonds. The summed E-state index contributed by atoms with van der Waals surface area (Å²) in [5, 5.41) is 0.181. The Hall–Kier alpha value is -2.15. The summed E-state index contributed by atoms with van der Waals surface area (Å²) in [4.78, 5) is 4.37. The molecule has 0 aliphatic rings. The molecule has 1 aromatic heterocycles. The quantitative estimate of drug-likeness (QED) is 0.517. The number of pyridine rings is 1. The molecule has 0 fully saturated rings. The Morgan fingerprint density at radius 1 is 1.11 bits per heavy atom. The lowest BCUT2D eigenvalue weighted by molar-refractivity contribution is -0.274. The number of ether oxygens (including phenoxy) is 3. The number of hydrogen-bond acceptors (Lipinski definition) is 4. The molecule has 1 heterocycles. The summed E-state index contributed by atoms with van der Waals surface area (Å²) in [6.07, 6.45) is -3.08. The Bertz CT molecular complexity index is 792. The van der Waals surface area contributed by atoms with Crippen LogP contribution >= 0.6 is 11.6 Å². The first-order chi connectivity index (χ1) is 12.7. The van der Waals surface area contributed by atoms with Crippen LogP contribution in [0.3, 0.4) is 0 Å². The number of hydrogen-bond donors (Lipinski definition) is 0. The van der Waals surface area contributed by atoms with Gasteiger partial charge in [0.15, 0.2) is 10.9 Å². The number of benzene rings is 1. The predicted molar refractivity (Wildman–Crippen MR) is 97.7 cm³/mol. The zero-order valence-electron chi connectivity index (χ0n) is 15.5. The van der Waals surface area contributed by atoms with E-state index >= 15 is 0 Å². The fraction of sp³-hybridized carbons (Fsp3) is 0.421. The third-order valence-electron chi connectivity index (χ3n) is 4.00. The summed E-state index contributed by atoms with van der Waals surface area (Å²) in [5.74, 6) is 0.292. The number of rotatable bonds is 7. The minimum Gasteiger partial charge on any atom is -0.496 e. The molecule has 0 atom stereocenters. The second-order valence-corrected chi connectivity index (χ2v) is 6.27. The summed E-state index contributed by atoms with van der Waals surface area (Å²) in [7, 11) is 1.36. The van der Waals surface area contributed by atoms with Crippen molar-refractivity contribution in [3.05, 3.63) is 35.0 Å². The van der Waals surface area contributed by atoms with Gasteiger partial charge in [-0.1, -0.05) is 25.4 Å². The van der Waals surface area contributed by atoms with Gasteiger partial charge in [0.25, 0.3) is 0 Å². The Morgan fingerprint density at radius 3 is 2.33 bits per heavy atom. The van der Waals surface area contributed by atoms with Crippen molar-refractivity contribution in [2.24, 2.45) is 0 Å². The van der Waals surface area contributed by atoms with E-state index < -0.39 is 6.36 Å². The van der Waals surface area contributed by atoms with Gasteiger partial charge in [-0.25, -0.2) is 4.98 Å². The third kappa shape index (κ3) is 5.42. The number of methoxy groups -OCH3 is 1. The molecule has 0 N–H and O–H groups in total. The monoisotopic (exact) mass is 403 g/mol. The molecule has 1 aromatic carbocycles. The zero-order chi connectivity index (χ0) is 20.2. The van der Waals surface area contributed by atoms with Gasteiger partial charge in [-0.2, -0.15) is 0 Å². The van der Waals surface area contributed by atoms with Crippen LogP contribution in [-0.2, 0) is 0 Å². The van der Waals surface area contributed by atoms with Gasteiger partial charge in [-0.15, -0.1) is 13.2 Å². The minimum atomic E-state index is -4.78. The average molecular weight is 404 g/mol. The predicted octanol–water partition coefficient (Wildman–Crippen LogP) is 6.19. The molecule has 0 aliphatic carbocycles. The van der Waals surface area contributed by atoms with E-state index in [4.69, 9.17) is 21.1 Å². The maximum absolute atomic E-state index is 12.4. The van der Waals surface area contributed by atoms with E-state index in [0.717, 1.165) is 24.5 Å². The highest BCUT2D eigenvalue weighted by Crippen LogP contribution is 2.38. The van der Waals surface area contributed by atoms with Crippen molar-refractivity contribution in [1.82, 2.24) is 4.98 Å². The Kier molecular flexibility index (Phi) is 6.81. The summed E-state index contributed by atoms with van der Waals surface area (Å²) < 4.78 is 52.3. The van der Waals surface area contributed by atoms with E-state index in [0.29, 0.717) is 17.0 Å². The van der Waals surface area contributed by atoms with Crippen LogP contribution in [-0.4, -0.2) is 24.6 Å². The van der Waals surface area contributed by atoms with Gasteiger partial charge in [0.1, 0.15) is 11.5 Å².